The molecule has 0 saturated heterocycles. The number of hydrogen-bond acceptors (Lipinski definition) is 3. The number of hydrogen-bond donors (Lipinski definition) is 3. The molecule has 1 aromatic carbocycles. The fourth-order valence-electron chi connectivity index (χ4n) is 1.65. The van der Waals surface area contributed by atoms with Crippen LogP contribution in [-0.2, 0) is 0 Å². The lowest BCUT2D eigenvalue weighted by atomic mass is 10.2. The first-order valence-electron chi connectivity index (χ1n) is 4.14. The molecule has 4 N–H and O–H groups in total. The van der Waals surface area contributed by atoms with Crippen LogP contribution in [0.4, 0.5) is 5.69 Å². The minimum Gasteiger partial charge on any atom is -0.407 e. The first kappa shape index (κ1) is 7.25. The Labute approximate surface area is 77.5 Å². The van der Waals surface area contributed by atoms with E-state index in [4.69, 9.17) is 10.2 Å². The highest BCUT2D eigenvalue weighted by atomic mass is 16.4. The van der Waals surface area contributed by atoms with Crippen LogP contribution in [0.1, 0.15) is 0 Å². The summed E-state index contributed by atoms with van der Waals surface area (Å²) in [5, 5.41) is 0.751. The number of benzene rings is 1. The fourth-order valence-corrected chi connectivity index (χ4v) is 1.65. The van der Waals surface area contributed by atoms with Crippen molar-refractivity contribution in [2.24, 2.45) is 0 Å². The molecule has 0 saturated carbocycles. The molecule has 0 bridgehead atoms. The number of anilines is 1. The van der Waals surface area contributed by atoms with Crippen molar-refractivity contribution in [3.8, 4) is 0 Å². The van der Waals surface area contributed by atoms with E-state index >= 15 is 0 Å². The Morgan fingerprint density at radius 2 is 2.07 bits per heavy atom. The summed E-state index contributed by atoms with van der Waals surface area (Å²) in [5.74, 6) is -0.465. The lowest BCUT2D eigenvalue weighted by molar-refractivity contribution is 0.558. The molecule has 0 unspecified atom stereocenters. The smallest absolute Gasteiger partial charge is 0.407 e. The second-order valence-corrected chi connectivity index (χ2v) is 3.12. The van der Waals surface area contributed by atoms with Gasteiger partial charge in [-0.1, -0.05) is 0 Å². The molecule has 0 amide bonds. The van der Waals surface area contributed by atoms with Gasteiger partial charge in [0.2, 0.25) is 0 Å². The van der Waals surface area contributed by atoms with E-state index in [9.17, 15) is 4.79 Å². The summed E-state index contributed by atoms with van der Waals surface area (Å²) in [6, 6.07) is 3.62. The zero-order valence-electron chi connectivity index (χ0n) is 7.13. The maximum atomic E-state index is 11.0. The molecule has 14 heavy (non-hydrogen) atoms. The van der Waals surface area contributed by atoms with Gasteiger partial charge in [-0.25, -0.2) is 4.79 Å². The van der Waals surface area contributed by atoms with Gasteiger partial charge in [0.15, 0.2) is 5.58 Å². The number of nitrogens with one attached hydrogen (secondary N) is 2. The summed E-state index contributed by atoms with van der Waals surface area (Å²) in [6.07, 6.45) is 1.68. The van der Waals surface area contributed by atoms with Gasteiger partial charge in [-0.15, -0.1) is 0 Å². The lowest BCUT2D eigenvalue weighted by Gasteiger charge is -1.91. The molecular formula is C9H7N3O2. The molecule has 3 rings (SSSR count). The van der Waals surface area contributed by atoms with Crippen molar-refractivity contribution in [3.05, 3.63) is 28.9 Å². The van der Waals surface area contributed by atoms with Crippen LogP contribution in [0.25, 0.3) is 22.0 Å². The van der Waals surface area contributed by atoms with E-state index in [1.165, 1.54) is 0 Å². The number of nitrogen functional groups attached to an aromatic ring is 1. The summed E-state index contributed by atoms with van der Waals surface area (Å²) >= 11 is 0. The topological polar surface area (TPSA) is 87.8 Å². The monoisotopic (exact) mass is 189 g/mol. The van der Waals surface area contributed by atoms with E-state index in [0.717, 1.165) is 10.9 Å². The highest BCUT2D eigenvalue weighted by Crippen LogP contribution is 2.27. The lowest BCUT2D eigenvalue weighted by Crippen LogP contribution is -1.92. The van der Waals surface area contributed by atoms with Crippen LogP contribution in [0.5, 0.6) is 0 Å². The second kappa shape index (κ2) is 2.20. The van der Waals surface area contributed by atoms with Crippen molar-refractivity contribution >= 4 is 27.7 Å². The van der Waals surface area contributed by atoms with Crippen LogP contribution >= 0.6 is 0 Å². The Kier molecular flexibility index (Phi) is 1.14. The first-order valence-corrected chi connectivity index (χ1v) is 4.14. The zero-order valence-corrected chi connectivity index (χ0v) is 7.13. The molecule has 0 fully saturated rings. The Hall–Kier alpha value is -2.17. The van der Waals surface area contributed by atoms with Crippen LogP contribution in [0.2, 0.25) is 0 Å². The van der Waals surface area contributed by atoms with Gasteiger partial charge in [0.05, 0.1) is 22.1 Å². The average Bonchev–Trinajstić information content (AvgIpc) is 2.68. The normalized spacial score (nSPS) is 11.4. The highest BCUT2D eigenvalue weighted by Gasteiger charge is 2.09. The molecular weight excluding hydrogens is 182 g/mol. The number of H-pyrrole nitrogens is 2. The van der Waals surface area contributed by atoms with Gasteiger partial charge in [-0.05, 0) is 12.1 Å². The van der Waals surface area contributed by atoms with Crippen molar-refractivity contribution in [1.82, 2.24) is 9.97 Å². The van der Waals surface area contributed by atoms with Gasteiger partial charge in [0.1, 0.15) is 0 Å². The number of aromatic amines is 2. The van der Waals surface area contributed by atoms with Crippen LogP contribution in [0.15, 0.2) is 27.5 Å². The molecule has 2 aromatic heterocycles. The SMILES string of the molecule is Nc1c[nH]c2ccc3[nH]c(=O)oc3c12. The Morgan fingerprint density at radius 1 is 1.29 bits per heavy atom. The van der Waals surface area contributed by atoms with Crippen molar-refractivity contribution in [3.63, 3.8) is 0 Å². The predicted molar refractivity (Wildman–Crippen MR) is 53.1 cm³/mol. The Morgan fingerprint density at radius 3 is 2.93 bits per heavy atom. The van der Waals surface area contributed by atoms with Crippen LogP contribution < -0.4 is 11.5 Å². The van der Waals surface area contributed by atoms with Gasteiger partial charge in [0.25, 0.3) is 0 Å². The fraction of sp³-hybridized carbons (Fsp3) is 0. The standard InChI is InChI=1S/C9H7N3O2/c10-4-3-11-5-1-2-6-8(7(4)5)14-9(13)12-6/h1-3,11H,10H2,(H,12,13). The molecule has 0 radical (unpaired) electrons. The molecule has 0 aliphatic carbocycles. The van der Waals surface area contributed by atoms with Crippen LogP contribution in [0.3, 0.4) is 0 Å². The summed E-state index contributed by atoms with van der Waals surface area (Å²) in [7, 11) is 0. The third-order valence-corrected chi connectivity index (χ3v) is 2.26. The molecule has 70 valence electrons. The third-order valence-electron chi connectivity index (χ3n) is 2.26. The molecule has 3 aromatic rings. The molecule has 5 heteroatoms. The summed E-state index contributed by atoms with van der Waals surface area (Å²) in [6.45, 7) is 0. The molecule has 0 atom stereocenters. The Balaban J connectivity index is 2.71. The number of nitrogens with two attached hydrogens (primary N) is 1. The highest BCUT2D eigenvalue weighted by molar-refractivity contribution is 6.08. The van der Waals surface area contributed by atoms with E-state index in [0.29, 0.717) is 16.8 Å². The van der Waals surface area contributed by atoms with Crippen molar-refractivity contribution in [2.45, 2.75) is 0 Å². The minimum absolute atomic E-state index is 0.465. The van der Waals surface area contributed by atoms with E-state index in [1.54, 1.807) is 12.3 Å². The number of oxazole rings is 1. The molecule has 5 nitrogen and oxygen atoms in total. The van der Waals surface area contributed by atoms with Crippen molar-refractivity contribution < 1.29 is 4.42 Å². The summed E-state index contributed by atoms with van der Waals surface area (Å²) in [5.41, 5.74) is 8.35. The van der Waals surface area contributed by atoms with E-state index in [1.807, 2.05) is 6.07 Å². The van der Waals surface area contributed by atoms with Gasteiger partial charge >= 0.3 is 5.76 Å². The molecule has 0 aliphatic rings. The number of fused-ring (bicyclic) bond motifs is 3. The quantitative estimate of drug-likeness (QED) is 0.496. The largest absolute Gasteiger partial charge is 0.417 e. The molecule has 0 spiro atoms. The van der Waals surface area contributed by atoms with Gasteiger partial charge in [-0.3, -0.25) is 4.98 Å². The molecule has 2 heterocycles. The van der Waals surface area contributed by atoms with Crippen LogP contribution in [-0.4, -0.2) is 9.97 Å². The Bertz CT molecular complexity index is 674. The minimum atomic E-state index is -0.465. The average molecular weight is 189 g/mol. The van der Waals surface area contributed by atoms with Gasteiger partial charge < -0.3 is 15.1 Å². The van der Waals surface area contributed by atoms with Gasteiger partial charge in [0, 0.05) is 6.20 Å². The van der Waals surface area contributed by atoms with Crippen molar-refractivity contribution in [1.29, 1.82) is 0 Å². The van der Waals surface area contributed by atoms with Crippen molar-refractivity contribution in [2.75, 3.05) is 5.73 Å². The number of rotatable bonds is 0. The zero-order chi connectivity index (χ0) is 9.71. The number of aromatic nitrogens is 2. The first-order chi connectivity index (χ1) is 6.75. The molecule has 0 aliphatic heterocycles. The third kappa shape index (κ3) is 0.756. The summed E-state index contributed by atoms with van der Waals surface area (Å²) < 4.78 is 5.01. The van der Waals surface area contributed by atoms with Crippen LogP contribution in [0, 0.1) is 0 Å². The maximum Gasteiger partial charge on any atom is 0.417 e. The van der Waals surface area contributed by atoms with E-state index < -0.39 is 5.76 Å². The summed E-state index contributed by atoms with van der Waals surface area (Å²) in [4.78, 5) is 16.6. The second-order valence-electron chi connectivity index (χ2n) is 3.12. The predicted octanol–water partition coefficient (Wildman–Crippen LogP) is 1.18. The van der Waals surface area contributed by atoms with Gasteiger partial charge in [-0.2, -0.15) is 0 Å². The van der Waals surface area contributed by atoms with E-state index in [2.05, 4.69) is 9.97 Å². The van der Waals surface area contributed by atoms with E-state index in [-0.39, 0.29) is 0 Å². The maximum absolute atomic E-state index is 11.0.